The minimum Gasteiger partial charge on any atom is -0.497 e. The molecule has 0 radical (unpaired) electrons. The van der Waals surface area contributed by atoms with Crippen LogP contribution >= 0.6 is 27.5 Å². The fraction of sp³-hybridized carbons (Fsp3) is 0.250. The van der Waals surface area contributed by atoms with Crippen molar-refractivity contribution >= 4 is 27.5 Å². The smallest absolute Gasteiger partial charge is 0.123 e. The number of halogens is 2. The summed E-state index contributed by atoms with van der Waals surface area (Å²) in [6, 6.07) is 11.7. The van der Waals surface area contributed by atoms with Crippen molar-refractivity contribution in [3.63, 3.8) is 0 Å². The maximum Gasteiger partial charge on any atom is 0.123 e. The van der Waals surface area contributed by atoms with Gasteiger partial charge in [-0.25, -0.2) is 0 Å². The SMILES string of the molecule is COc1ccc(OC)c(C(Br)c2cccc(Cl)c2C)c1. The van der Waals surface area contributed by atoms with Gasteiger partial charge in [-0.15, -0.1) is 0 Å². The van der Waals surface area contributed by atoms with Gasteiger partial charge < -0.3 is 9.47 Å². The Balaban J connectivity index is 2.51. The fourth-order valence-electron chi connectivity index (χ4n) is 2.10. The zero-order valence-corrected chi connectivity index (χ0v) is 14.0. The number of ether oxygens (including phenoxy) is 2. The summed E-state index contributed by atoms with van der Waals surface area (Å²) in [5, 5.41) is 0.758. The van der Waals surface area contributed by atoms with Crippen molar-refractivity contribution in [3.8, 4) is 11.5 Å². The topological polar surface area (TPSA) is 18.5 Å². The van der Waals surface area contributed by atoms with Crippen molar-refractivity contribution in [2.45, 2.75) is 11.8 Å². The molecule has 1 atom stereocenters. The quantitative estimate of drug-likeness (QED) is 0.706. The fourth-order valence-corrected chi connectivity index (χ4v) is 3.14. The van der Waals surface area contributed by atoms with E-state index in [-0.39, 0.29) is 4.83 Å². The van der Waals surface area contributed by atoms with E-state index in [2.05, 4.69) is 22.0 Å². The molecule has 20 heavy (non-hydrogen) atoms. The van der Waals surface area contributed by atoms with E-state index in [0.29, 0.717) is 0 Å². The van der Waals surface area contributed by atoms with E-state index in [4.69, 9.17) is 21.1 Å². The van der Waals surface area contributed by atoms with Crippen LogP contribution in [0.25, 0.3) is 0 Å². The van der Waals surface area contributed by atoms with Gasteiger partial charge in [-0.05, 0) is 42.3 Å². The van der Waals surface area contributed by atoms with Crippen molar-refractivity contribution in [3.05, 3.63) is 58.1 Å². The standard InChI is InChI=1S/C16H16BrClO2/c1-10-12(5-4-6-14(10)18)16(17)13-9-11(19-2)7-8-15(13)20-3/h4-9,16H,1-3H3. The lowest BCUT2D eigenvalue weighted by atomic mass is 9.99. The first-order valence-electron chi connectivity index (χ1n) is 6.19. The van der Waals surface area contributed by atoms with Crippen LogP contribution < -0.4 is 9.47 Å². The first-order valence-corrected chi connectivity index (χ1v) is 7.48. The molecular weight excluding hydrogens is 340 g/mol. The second-order valence-electron chi connectivity index (χ2n) is 4.42. The van der Waals surface area contributed by atoms with Crippen LogP contribution in [0.4, 0.5) is 0 Å². The van der Waals surface area contributed by atoms with Crippen LogP contribution in [-0.4, -0.2) is 14.2 Å². The van der Waals surface area contributed by atoms with E-state index in [1.165, 1.54) is 0 Å². The van der Waals surface area contributed by atoms with Gasteiger partial charge >= 0.3 is 0 Å². The lowest BCUT2D eigenvalue weighted by Crippen LogP contribution is -2.00. The van der Waals surface area contributed by atoms with Gasteiger partial charge in [0.05, 0.1) is 19.0 Å². The van der Waals surface area contributed by atoms with E-state index < -0.39 is 0 Å². The first kappa shape index (κ1) is 15.2. The highest BCUT2D eigenvalue weighted by atomic mass is 79.9. The normalized spacial score (nSPS) is 12.1. The van der Waals surface area contributed by atoms with Gasteiger partial charge in [-0.1, -0.05) is 39.7 Å². The van der Waals surface area contributed by atoms with Crippen molar-refractivity contribution in [1.29, 1.82) is 0 Å². The predicted octanol–water partition coefficient (Wildman–Crippen LogP) is 5.15. The second kappa shape index (κ2) is 6.51. The summed E-state index contributed by atoms with van der Waals surface area (Å²) in [4.78, 5) is -0.00810. The van der Waals surface area contributed by atoms with Gasteiger partial charge in [0.2, 0.25) is 0 Å². The first-order chi connectivity index (χ1) is 9.58. The third-order valence-electron chi connectivity index (χ3n) is 3.29. The largest absolute Gasteiger partial charge is 0.497 e. The van der Waals surface area contributed by atoms with E-state index in [9.17, 15) is 0 Å². The maximum absolute atomic E-state index is 6.20. The Labute approximate surface area is 132 Å². The summed E-state index contributed by atoms with van der Waals surface area (Å²) in [6.45, 7) is 2.01. The molecule has 106 valence electrons. The van der Waals surface area contributed by atoms with Crippen LogP contribution in [0.3, 0.4) is 0 Å². The Kier molecular flexibility index (Phi) is 4.95. The van der Waals surface area contributed by atoms with Gasteiger partial charge in [-0.3, -0.25) is 0 Å². The molecule has 0 aromatic heterocycles. The molecule has 0 saturated heterocycles. The molecule has 2 rings (SSSR count). The lowest BCUT2D eigenvalue weighted by Gasteiger charge is -2.18. The lowest BCUT2D eigenvalue weighted by molar-refractivity contribution is 0.399. The summed E-state index contributed by atoms with van der Waals surface area (Å²) < 4.78 is 10.7. The minimum absolute atomic E-state index is 0.00810. The van der Waals surface area contributed by atoms with Crippen molar-refractivity contribution in [2.24, 2.45) is 0 Å². The van der Waals surface area contributed by atoms with Gasteiger partial charge in [-0.2, -0.15) is 0 Å². The van der Waals surface area contributed by atoms with Crippen LogP contribution in [0.15, 0.2) is 36.4 Å². The average molecular weight is 356 g/mol. The van der Waals surface area contributed by atoms with E-state index in [1.807, 2.05) is 37.3 Å². The highest BCUT2D eigenvalue weighted by Crippen LogP contribution is 2.40. The Morgan fingerprint density at radius 1 is 1.05 bits per heavy atom. The average Bonchev–Trinajstić information content (AvgIpc) is 2.48. The van der Waals surface area contributed by atoms with Gasteiger partial charge in [0.15, 0.2) is 0 Å². The summed E-state index contributed by atoms with van der Waals surface area (Å²) in [7, 11) is 3.31. The molecule has 2 aromatic rings. The summed E-state index contributed by atoms with van der Waals surface area (Å²) in [6.07, 6.45) is 0. The Hall–Kier alpha value is -1.19. The maximum atomic E-state index is 6.20. The summed E-state index contributed by atoms with van der Waals surface area (Å²) in [5.74, 6) is 1.61. The zero-order valence-electron chi connectivity index (χ0n) is 11.6. The molecule has 0 spiro atoms. The minimum atomic E-state index is -0.00810. The Morgan fingerprint density at radius 2 is 1.80 bits per heavy atom. The third-order valence-corrected chi connectivity index (χ3v) is 4.69. The van der Waals surface area contributed by atoms with Crippen molar-refractivity contribution in [2.75, 3.05) is 14.2 Å². The summed E-state index contributed by atoms with van der Waals surface area (Å²) >= 11 is 9.94. The molecule has 0 aliphatic carbocycles. The summed E-state index contributed by atoms with van der Waals surface area (Å²) in [5.41, 5.74) is 3.18. The monoisotopic (exact) mass is 354 g/mol. The molecule has 0 heterocycles. The molecule has 4 heteroatoms. The van der Waals surface area contributed by atoms with Crippen LogP contribution in [0, 0.1) is 6.92 Å². The van der Waals surface area contributed by atoms with Crippen LogP contribution in [0.5, 0.6) is 11.5 Å². The van der Waals surface area contributed by atoms with Gasteiger partial charge in [0.1, 0.15) is 11.5 Å². The van der Waals surface area contributed by atoms with E-state index in [0.717, 1.165) is 33.2 Å². The molecule has 0 saturated carbocycles. The van der Waals surface area contributed by atoms with Crippen LogP contribution in [0.1, 0.15) is 21.5 Å². The Bertz CT molecular complexity index is 613. The molecule has 0 N–H and O–H groups in total. The number of hydrogen-bond acceptors (Lipinski definition) is 2. The molecule has 0 fully saturated rings. The second-order valence-corrected chi connectivity index (χ2v) is 5.75. The van der Waals surface area contributed by atoms with Gasteiger partial charge in [0, 0.05) is 10.6 Å². The molecule has 2 aromatic carbocycles. The van der Waals surface area contributed by atoms with E-state index in [1.54, 1.807) is 14.2 Å². The number of hydrogen-bond donors (Lipinski definition) is 0. The van der Waals surface area contributed by atoms with Crippen LogP contribution in [0.2, 0.25) is 5.02 Å². The molecule has 0 aliphatic rings. The third kappa shape index (κ3) is 2.94. The highest BCUT2D eigenvalue weighted by molar-refractivity contribution is 9.09. The van der Waals surface area contributed by atoms with Crippen molar-refractivity contribution in [1.82, 2.24) is 0 Å². The number of alkyl halides is 1. The number of rotatable bonds is 4. The Morgan fingerprint density at radius 3 is 2.45 bits per heavy atom. The van der Waals surface area contributed by atoms with Crippen molar-refractivity contribution < 1.29 is 9.47 Å². The number of benzene rings is 2. The molecule has 2 nitrogen and oxygen atoms in total. The molecular formula is C16H16BrClO2. The number of methoxy groups -OCH3 is 2. The molecule has 1 unspecified atom stereocenters. The van der Waals surface area contributed by atoms with Crippen LogP contribution in [-0.2, 0) is 0 Å². The highest BCUT2D eigenvalue weighted by Gasteiger charge is 2.18. The van der Waals surface area contributed by atoms with Gasteiger partial charge in [0.25, 0.3) is 0 Å². The molecule has 0 aliphatic heterocycles. The predicted molar refractivity (Wildman–Crippen MR) is 86.5 cm³/mol. The van der Waals surface area contributed by atoms with E-state index >= 15 is 0 Å². The molecule has 0 amide bonds. The molecule has 0 bridgehead atoms. The zero-order chi connectivity index (χ0) is 14.7.